The average Bonchev–Trinajstić information content (AvgIpc) is 3.56. The SMILES string of the molecule is CC.CCOC(=O)c1cn(C2CC2)c2c(C=O)c(N3CCC(N)C3)c(F)cc2c1=O.CO. The Balaban J connectivity index is 0.000000860. The maximum atomic E-state index is 15.0. The molecular formula is C23H32FN3O5. The van der Waals surface area contributed by atoms with Gasteiger partial charge in [0.2, 0.25) is 5.43 Å². The van der Waals surface area contributed by atoms with Crippen molar-refractivity contribution in [2.24, 2.45) is 5.73 Å². The lowest BCUT2D eigenvalue weighted by molar-refractivity contribution is 0.0524. The summed E-state index contributed by atoms with van der Waals surface area (Å²) >= 11 is 0. The maximum absolute atomic E-state index is 15.0. The van der Waals surface area contributed by atoms with Gasteiger partial charge in [0.1, 0.15) is 11.4 Å². The largest absolute Gasteiger partial charge is 0.462 e. The van der Waals surface area contributed by atoms with Crippen molar-refractivity contribution in [1.82, 2.24) is 4.57 Å². The first-order valence-electron chi connectivity index (χ1n) is 10.9. The van der Waals surface area contributed by atoms with Crippen LogP contribution in [0.3, 0.4) is 0 Å². The van der Waals surface area contributed by atoms with Crippen LogP contribution in [-0.4, -0.2) is 54.8 Å². The molecule has 0 spiro atoms. The van der Waals surface area contributed by atoms with Crippen LogP contribution >= 0.6 is 0 Å². The van der Waals surface area contributed by atoms with Gasteiger partial charge in [0.25, 0.3) is 0 Å². The van der Waals surface area contributed by atoms with Crippen LogP contribution < -0.4 is 16.1 Å². The number of fused-ring (bicyclic) bond motifs is 1. The van der Waals surface area contributed by atoms with E-state index in [0.717, 1.165) is 26.0 Å². The second-order valence-corrected chi connectivity index (χ2v) is 7.36. The molecule has 176 valence electrons. The lowest BCUT2D eigenvalue weighted by Gasteiger charge is -2.23. The normalized spacial score (nSPS) is 17.2. The van der Waals surface area contributed by atoms with E-state index in [1.54, 1.807) is 16.4 Å². The van der Waals surface area contributed by atoms with E-state index in [1.165, 1.54) is 6.20 Å². The minimum atomic E-state index is -0.744. The number of nitrogens with zero attached hydrogens (tertiary/aromatic N) is 2. The van der Waals surface area contributed by atoms with Crippen molar-refractivity contribution in [3.8, 4) is 0 Å². The molecule has 1 aliphatic heterocycles. The summed E-state index contributed by atoms with van der Waals surface area (Å²) in [5, 5.41) is 7.02. The van der Waals surface area contributed by atoms with Crippen LogP contribution in [0.1, 0.15) is 66.8 Å². The van der Waals surface area contributed by atoms with Crippen LogP contribution in [0.25, 0.3) is 10.9 Å². The number of halogens is 1. The van der Waals surface area contributed by atoms with E-state index in [-0.39, 0.29) is 40.9 Å². The number of carbonyl (C=O) groups is 2. The van der Waals surface area contributed by atoms with Gasteiger partial charge in [-0.25, -0.2) is 9.18 Å². The fraction of sp³-hybridized carbons (Fsp3) is 0.522. The summed E-state index contributed by atoms with van der Waals surface area (Å²) in [6.45, 7) is 6.76. The number of ether oxygens (including phenoxy) is 1. The second-order valence-electron chi connectivity index (χ2n) is 7.36. The predicted molar refractivity (Wildman–Crippen MR) is 122 cm³/mol. The van der Waals surface area contributed by atoms with E-state index < -0.39 is 17.2 Å². The van der Waals surface area contributed by atoms with Crippen LogP contribution in [-0.2, 0) is 4.74 Å². The fourth-order valence-electron chi connectivity index (χ4n) is 3.93. The summed E-state index contributed by atoms with van der Waals surface area (Å²) in [5.74, 6) is -1.41. The van der Waals surface area contributed by atoms with Crippen LogP contribution in [0.15, 0.2) is 17.1 Å². The molecule has 1 aromatic carbocycles. The molecule has 1 aromatic heterocycles. The van der Waals surface area contributed by atoms with E-state index in [4.69, 9.17) is 15.6 Å². The van der Waals surface area contributed by atoms with Crippen LogP contribution in [0.4, 0.5) is 10.1 Å². The van der Waals surface area contributed by atoms with E-state index in [1.807, 2.05) is 13.8 Å². The van der Waals surface area contributed by atoms with Gasteiger partial charge in [0.05, 0.1) is 28.8 Å². The zero-order valence-electron chi connectivity index (χ0n) is 19.1. The number of hydrogen-bond acceptors (Lipinski definition) is 7. The van der Waals surface area contributed by atoms with E-state index in [2.05, 4.69) is 0 Å². The first-order chi connectivity index (χ1) is 15.5. The van der Waals surface area contributed by atoms with Crippen LogP contribution in [0, 0.1) is 5.82 Å². The molecule has 2 fully saturated rings. The van der Waals surface area contributed by atoms with Crippen LogP contribution in [0.2, 0.25) is 0 Å². The first kappa shape index (κ1) is 25.5. The number of hydrogen-bond donors (Lipinski definition) is 2. The molecule has 1 atom stereocenters. The monoisotopic (exact) mass is 449 g/mol. The Kier molecular flexibility index (Phi) is 8.91. The van der Waals surface area contributed by atoms with Crippen molar-refractivity contribution in [2.75, 3.05) is 31.7 Å². The number of anilines is 1. The van der Waals surface area contributed by atoms with Crippen LogP contribution in [0.5, 0.6) is 0 Å². The summed E-state index contributed by atoms with van der Waals surface area (Å²) in [6.07, 6.45) is 4.46. The lowest BCUT2D eigenvalue weighted by Crippen LogP contribution is -2.28. The van der Waals surface area contributed by atoms with Gasteiger partial charge < -0.3 is 25.0 Å². The number of nitrogens with two attached hydrogens (primary N) is 1. The highest BCUT2D eigenvalue weighted by atomic mass is 19.1. The molecule has 4 rings (SSSR count). The maximum Gasteiger partial charge on any atom is 0.343 e. The summed E-state index contributed by atoms with van der Waals surface area (Å²) in [4.78, 5) is 38.9. The molecule has 9 heteroatoms. The highest BCUT2D eigenvalue weighted by Gasteiger charge is 2.32. The van der Waals surface area contributed by atoms with Gasteiger partial charge in [-0.1, -0.05) is 13.8 Å². The molecule has 0 radical (unpaired) electrons. The Labute approximate surface area is 186 Å². The molecule has 1 unspecified atom stereocenters. The number of esters is 1. The smallest absolute Gasteiger partial charge is 0.343 e. The molecule has 32 heavy (non-hydrogen) atoms. The van der Waals surface area contributed by atoms with Crippen molar-refractivity contribution in [3.63, 3.8) is 0 Å². The minimum absolute atomic E-state index is 0.0179. The fourth-order valence-corrected chi connectivity index (χ4v) is 3.93. The molecule has 1 saturated carbocycles. The van der Waals surface area contributed by atoms with Gasteiger partial charge in [0, 0.05) is 38.5 Å². The number of carbonyl (C=O) groups excluding carboxylic acids is 2. The highest BCUT2D eigenvalue weighted by molar-refractivity contribution is 6.04. The Morgan fingerprint density at radius 3 is 2.47 bits per heavy atom. The molecule has 0 bridgehead atoms. The molecule has 1 aliphatic carbocycles. The molecule has 3 N–H and O–H groups in total. The quantitative estimate of drug-likeness (QED) is 0.533. The average molecular weight is 450 g/mol. The van der Waals surface area contributed by atoms with Gasteiger partial charge in [0.15, 0.2) is 6.29 Å². The van der Waals surface area contributed by atoms with Crippen molar-refractivity contribution in [1.29, 1.82) is 0 Å². The van der Waals surface area contributed by atoms with Gasteiger partial charge in [-0.15, -0.1) is 0 Å². The lowest BCUT2D eigenvalue weighted by atomic mass is 10.0. The Morgan fingerprint density at radius 1 is 1.31 bits per heavy atom. The molecule has 2 heterocycles. The van der Waals surface area contributed by atoms with Crippen molar-refractivity contribution in [3.05, 3.63) is 39.4 Å². The van der Waals surface area contributed by atoms with Gasteiger partial charge >= 0.3 is 5.97 Å². The number of aliphatic hydroxyl groups excluding tert-OH is 1. The van der Waals surface area contributed by atoms with E-state index in [9.17, 15) is 14.4 Å². The summed E-state index contributed by atoms with van der Waals surface area (Å²) in [6, 6.07) is 1.10. The Bertz CT molecular complexity index is 1030. The molecular weight excluding hydrogens is 417 g/mol. The highest BCUT2D eigenvalue weighted by Crippen LogP contribution is 2.40. The minimum Gasteiger partial charge on any atom is -0.462 e. The third kappa shape index (κ3) is 4.83. The predicted octanol–water partition coefficient (Wildman–Crippen LogP) is 2.64. The van der Waals surface area contributed by atoms with Crippen molar-refractivity contribution in [2.45, 2.75) is 52.1 Å². The van der Waals surface area contributed by atoms with Gasteiger partial charge in [-0.05, 0) is 32.3 Å². The molecule has 0 amide bonds. The summed E-state index contributed by atoms with van der Waals surface area (Å²) in [5.41, 5.74) is 5.85. The number of benzene rings is 1. The molecule has 8 nitrogen and oxygen atoms in total. The second kappa shape index (κ2) is 11.2. The third-order valence-corrected chi connectivity index (χ3v) is 5.37. The zero-order valence-corrected chi connectivity index (χ0v) is 19.1. The molecule has 1 saturated heterocycles. The van der Waals surface area contributed by atoms with E-state index >= 15 is 4.39 Å². The molecule has 2 aliphatic rings. The number of aromatic nitrogens is 1. The number of aliphatic hydroxyl groups is 1. The standard InChI is InChI=1S/C20H22FN3O4.C2H6.CH4O/c1-2-28-20(27)14-9-24(12-3-4-12)17-13(19(14)26)7-16(21)18(15(17)10-25)23-6-5-11(22)8-23;2*1-2/h7,9-12H,2-6,8,22H2,1H3;1-2H3;2H,1H3. The number of rotatable bonds is 5. The third-order valence-electron chi connectivity index (χ3n) is 5.37. The number of pyridine rings is 1. The van der Waals surface area contributed by atoms with Crippen molar-refractivity contribution < 1.29 is 23.8 Å². The number of aldehydes is 1. The topological polar surface area (TPSA) is 115 Å². The van der Waals surface area contributed by atoms with E-state index in [0.29, 0.717) is 31.3 Å². The van der Waals surface area contributed by atoms with Crippen molar-refractivity contribution >= 4 is 28.8 Å². The van der Waals surface area contributed by atoms with Gasteiger partial charge in [-0.2, -0.15) is 0 Å². The summed E-state index contributed by atoms with van der Waals surface area (Å²) < 4.78 is 21.8. The van der Waals surface area contributed by atoms with Gasteiger partial charge in [-0.3, -0.25) is 9.59 Å². The molecule has 2 aromatic rings. The zero-order chi connectivity index (χ0) is 24.0. The Hall–Kier alpha value is -2.78. The Morgan fingerprint density at radius 2 is 1.97 bits per heavy atom. The summed E-state index contributed by atoms with van der Waals surface area (Å²) in [7, 11) is 1.00. The first-order valence-corrected chi connectivity index (χ1v) is 10.9.